The van der Waals surface area contributed by atoms with Crippen molar-refractivity contribution in [3.8, 4) is 16.3 Å². The quantitative estimate of drug-likeness (QED) is 0.523. The van der Waals surface area contributed by atoms with Gasteiger partial charge in [-0.05, 0) is 36.8 Å². The molecular formula is C21H20BrN3O3S. The largest absolute Gasteiger partial charge is 0.496 e. The number of rotatable bonds is 7. The summed E-state index contributed by atoms with van der Waals surface area (Å²) in [5.41, 5.74) is 2.87. The number of aromatic nitrogens is 1. The molecule has 1 heterocycles. The molecule has 6 nitrogen and oxygen atoms in total. The Bertz CT molecular complexity index is 1040. The molecule has 0 spiro atoms. The standard InChI is InChI=1S/C21H20BrN3O3S/c1-13-7-8-14(22)11-16(13)24-19(26)9-10-23-20(27)17-12-29-21(25-17)15-5-3-4-6-18(15)28-2/h3-8,11-12H,9-10H2,1-2H3,(H,23,27)(H,24,26). The molecule has 2 aromatic carbocycles. The molecule has 3 aromatic rings. The van der Waals surface area contributed by atoms with Gasteiger partial charge in [-0.25, -0.2) is 4.98 Å². The number of hydrogen-bond acceptors (Lipinski definition) is 5. The van der Waals surface area contributed by atoms with E-state index in [2.05, 4.69) is 31.5 Å². The second-order valence-corrected chi connectivity index (χ2v) is 8.03. The van der Waals surface area contributed by atoms with Gasteiger partial charge in [0.15, 0.2) is 0 Å². The van der Waals surface area contributed by atoms with Crippen LogP contribution >= 0.6 is 27.3 Å². The van der Waals surface area contributed by atoms with Crippen LogP contribution in [-0.4, -0.2) is 30.5 Å². The van der Waals surface area contributed by atoms with Gasteiger partial charge in [0.25, 0.3) is 5.91 Å². The molecule has 2 N–H and O–H groups in total. The van der Waals surface area contributed by atoms with E-state index in [1.54, 1.807) is 12.5 Å². The van der Waals surface area contributed by atoms with Gasteiger partial charge in [-0.1, -0.05) is 34.1 Å². The predicted octanol–water partition coefficient (Wildman–Crippen LogP) is 4.65. The number of para-hydroxylation sites is 1. The molecule has 0 saturated carbocycles. The topological polar surface area (TPSA) is 80.3 Å². The Morgan fingerprint density at radius 2 is 2.00 bits per heavy atom. The number of thiazole rings is 1. The minimum Gasteiger partial charge on any atom is -0.496 e. The fraction of sp³-hybridized carbons (Fsp3) is 0.190. The van der Waals surface area contributed by atoms with Gasteiger partial charge in [0.2, 0.25) is 5.91 Å². The summed E-state index contributed by atoms with van der Waals surface area (Å²) in [5, 5.41) is 7.99. The van der Waals surface area contributed by atoms with Crippen LogP contribution in [0.5, 0.6) is 5.75 Å². The molecule has 0 atom stereocenters. The molecule has 0 bridgehead atoms. The molecule has 1 aromatic heterocycles. The Hall–Kier alpha value is -2.71. The Morgan fingerprint density at radius 1 is 1.21 bits per heavy atom. The Labute approximate surface area is 181 Å². The first-order valence-corrected chi connectivity index (χ1v) is 10.6. The molecule has 3 rings (SSSR count). The van der Waals surface area contributed by atoms with Crippen LogP contribution in [0, 0.1) is 6.92 Å². The van der Waals surface area contributed by atoms with E-state index in [1.165, 1.54) is 11.3 Å². The number of hydrogen-bond donors (Lipinski definition) is 2. The van der Waals surface area contributed by atoms with Crippen LogP contribution in [0.1, 0.15) is 22.5 Å². The zero-order valence-corrected chi connectivity index (χ0v) is 18.4. The first-order chi connectivity index (χ1) is 14.0. The maximum absolute atomic E-state index is 12.3. The van der Waals surface area contributed by atoms with Gasteiger partial charge < -0.3 is 15.4 Å². The van der Waals surface area contributed by atoms with Crippen LogP contribution in [0.15, 0.2) is 52.3 Å². The minimum atomic E-state index is -0.311. The Balaban J connectivity index is 1.54. The predicted molar refractivity (Wildman–Crippen MR) is 119 cm³/mol. The van der Waals surface area contributed by atoms with Crippen molar-refractivity contribution in [2.75, 3.05) is 19.0 Å². The maximum Gasteiger partial charge on any atom is 0.270 e. The molecule has 0 unspecified atom stereocenters. The van der Waals surface area contributed by atoms with Crippen molar-refractivity contribution in [1.82, 2.24) is 10.3 Å². The van der Waals surface area contributed by atoms with Gasteiger partial charge in [0.1, 0.15) is 16.5 Å². The van der Waals surface area contributed by atoms with Crippen LogP contribution in [0.2, 0.25) is 0 Å². The van der Waals surface area contributed by atoms with E-state index in [0.717, 1.165) is 21.3 Å². The third-order valence-corrected chi connectivity index (χ3v) is 5.55. The fourth-order valence-electron chi connectivity index (χ4n) is 2.64. The molecule has 29 heavy (non-hydrogen) atoms. The third-order valence-electron chi connectivity index (χ3n) is 4.19. The van der Waals surface area contributed by atoms with Crippen molar-refractivity contribution in [2.24, 2.45) is 0 Å². The number of amides is 2. The second-order valence-electron chi connectivity index (χ2n) is 6.25. The van der Waals surface area contributed by atoms with Crippen LogP contribution in [0.25, 0.3) is 10.6 Å². The number of benzene rings is 2. The van der Waals surface area contributed by atoms with E-state index in [1.807, 2.05) is 49.4 Å². The average Bonchev–Trinajstić information content (AvgIpc) is 3.21. The maximum atomic E-state index is 12.3. The summed E-state index contributed by atoms with van der Waals surface area (Å²) in [6, 6.07) is 13.2. The lowest BCUT2D eigenvalue weighted by molar-refractivity contribution is -0.116. The lowest BCUT2D eigenvalue weighted by atomic mass is 10.2. The molecule has 150 valence electrons. The number of nitrogens with zero attached hydrogens (tertiary/aromatic N) is 1. The van der Waals surface area contributed by atoms with Gasteiger partial charge in [-0.15, -0.1) is 11.3 Å². The van der Waals surface area contributed by atoms with Crippen molar-refractivity contribution in [1.29, 1.82) is 0 Å². The number of carbonyl (C=O) groups excluding carboxylic acids is 2. The molecule has 8 heteroatoms. The van der Waals surface area contributed by atoms with E-state index in [9.17, 15) is 9.59 Å². The summed E-state index contributed by atoms with van der Waals surface area (Å²) >= 11 is 4.76. The molecule has 2 amide bonds. The highest BCUT2D eigenvalue weighted by molar-refractivity contribution is 9.10. The number of halogens is 1. The Morgan fingerprint density at radius 3 is 2.79 bits per heavy atom. The number of ether oxygens (including phenoxy) is 1. The number of carbonyl (C=O) groups is 2. The van der Waals surface area contributed by atoms with Crippen LogP contribution in [0.3, 0.4) is 0 Å². The summed E-state index contributed by atoms with van der Waals surface area (Å²) < 4.78 is 6.23. The number of nitrogens with one attached hydrogen (secondary N) is 2. The summed E-state index contributed by atoms with van der Waals surface area (Å²) in [6.45, 7) is 2.14. The lowest BCUT2D eigenvalue weighted by Crippen LogP contribution is -2.28. The van der Waals surface area contributed by atoms with E-state index in [4.69, 9.17) is 4.74 Å². The SMILES string of the molecule is COc1ccccc1-c1nc(C(=O)NCCC(=O)Nc2cc(Br)ccc2C)cs1. The van der Waals surface area contributed by atoms with E-state index in [0.29, 0.717) is 16.5 Å². The van der Waals surface area contributed by atoms with Crippen molar-refractivity contribution >= 4 is 44.8 Å². The third kappa shape index (κ3) is 5.42. The highest BCUT2D eigenvalue weighted by Crippen LogP contribution is 2.31. The monoisotopic (exact) mass is 473 g/mol. The normalized spacial score (nSPS) is 10.4. The van der Waals surface area contributed by atoms with Gasteiger partial charge in [-0.2, -0.15) is 0 Å². The zero-order chi connectivity index (χ0) is 20.8. The molecule has 0 fully saturated rings. The molecule has 0 radical (unpaired) electrons. The van der Waals surface area contributed by atoms with Crippen molar-refractivity contribution in [3.05, 3.63) is 63.6 Å². The number of aryl methyl sites for hydroxylation is 1. The van der Waals surface area contributed by atoms with Crippen molar-refractivity contribution < 1.29 is 14.3 Å². The van der Waals surface area contributed by atoms with Gasteiger partial charge in [-0.3, -0.25) is 9.59 Å². The molecule has 0 aliphatic carbocycles. The van der Waals surface area contributed by atoms with Crippen LogP contribution < -0.4 is 15.4 Å². The van der Waals surface area contributed by atoms with Crippen molar-refractivity contribution in [3.63, 3.8) is 0 Å². The summed E-state index contributed by atoms with van der Waals surface area (Å²) in [4.78, 5) is 28.9. The van der Waals surface area contributed by atoms with E-state index < -0.39 is 0 Å². The average molecular weight is 474 g/mol. The number of methoxy groups -OCH3 is 1. The molecule has 0 saturated heterocycles. The van der Waals surface area contributed by atoms with Gasteiger partial charge in [0, 0.05) is 28.5 Å². The molecule has 0 aliphatic rings. The summed E-state index contributed by atoms with van der Waals surface area (Å²) in [5.74, 6) is 0.224. The molecular weight excluding hydrogens is 454 g/mol. The Kier molecular flexibility index (Phi) is 7.00. The summed E-state index contributed by atoms with van der Waals surface area (Å²) in [7, 11) is 1.60. The fourth-order valence-corrected chi connectivity index (χ4v) is 3.84. The van der Waals surface area contributed by atoms with E-state index in [-0.39, 0.29) is 24.8 Å². The first kappa shape index (κ1) is 21.0. The number of anilines is 1. The second kappa shape index (κ2) is 9.67. The van der Waals surface area contributed by atoms with Crippen LogP contribution in [0.4, 0.5) is 5.69 Å². The van der Waals surface area contributed by atoms with E-state index >= 15 is 0 Å². The minimum absolute atomic E-state index is 0.167. The van der Waals surface area contributed by atoms with Crippen LogP contribution in [-0.2, 0) is 4.79 Å². The zero-order valence-electron chi connectivity index (χ0n) is 16.0. The highest BCUT2D eigenvalue weighted by atomic mass is 79.9. The smallest absolute Gasteiger partial charge is 0.270 e. The summed E-state index contributed by atoms with van der Waals surface area (Å²) in [6.07, 6.45) is 0.168. The van der Waals surface area contributed by atoms with Crippen molar-refractivity contribution in [2.45, 2.75) is 13.3 Å². The van der Waals surface area contributed by atoms with Gasteiger partial charge in [0.05, 0.1) is 12.7 Å². The molecule has 0 aliphatic heterocycles. The lowest BCUT2D eigenvalue weighted by Gasteiger charge is -2.09. The van der Waals surface area contributed by atoms with Gasteiger partial charge >= 0.3 is 0 Å². The first-order valence-electron chi connectivity index (χ1n) is 8.91. The highest BCUT2D eigenvalue weighted by Gasteiger charge is 2.14.